The maximum atomic E-state index is 12.2. The predicted molar refractivity (Wildman–Crippen MR) is 98.2 cm³/mol. The SMILES string of the molecule is CCCn1ccnc1SCC(=O)Nc1ccccc1SCC(N)=O. The van der Waals surface area contributed by atoms with Crippen LogP contribution >= 0.6 is 23.5 Å². The number of thioether (sulfide) groups is 2. The van der Waals surface area contributed by atoms with Gasteiger partial charge in [0.05, 0.1) is 17.2 Å². The second kappa shape index (κ2) is 9.39. The van der Waals surface area contributed by atoms with Crippen LogP contribution < -0.4 is 11.1 Å². The topological polar surface area (TPSA) is 90.0 Å². The lowest BCUT2D eigenvalue weighted by atomic mass is 10.3. The molecule has 128 valence electrons. The van der Waals surface area contributed by atoms with Crippen molar-refractivity contribution in [1.29, 1.82) is 0 Å². The lowest BCUT2D eigenvalue weighted by molar-refractivity contribution is -0.115. The Labute approximate surface area is 149 Å². The molecule has 0 atom stereocenters. The van der Waals surface area contributed by atoms with Gasteiger partial charge >= 0.3 is 0 Å². The highest BCUT2D eigenvalue weighted by Crippen LogP contribution is 2.27. The molecule has 1 aromatic heterocycles. The Bertz CT molecular complexity index is 703. The Morgan fingerprint density at radius 2 is 2.04 bits per heavy atom. The molecule has 0 aliphatic carbocycles. The minimum Gasteiger partial charge on any atom is -0.369 e. The van der Waals surface area contributed by atoms with Crippen LogP contribution in [0.4, 0.5) is 5.69 Å². The molecule has 0 saturated carbocycles. The summed E-state index contributed by atoms with van der Waals surface area (Å²) in [5.41, 5.74) is 5.86. The number of imidazole rings is 1. The summed E-state index contributed by atoms with van der Waals surface area (Å²) in [5, 5.41) is 3.71. The van der Waals surface area contributed by atoms with Crippen LogP contribution in [0.3, 0.4) is 0 Å². The van der Waals surface area contributed by atoms with Crippen LogP contribution in [0, 0.1) is 0 Å². The second-order valence-corrected chi connectivity index (χ2v) is 6.95. The Morgan fingerprint density at radius 1 is 1.25 bits per heavy atom. The number of aromatic nitrogens is 2. The molecule has 0 saturated heterocycles. The number of benzene rings is 1. The number of rotatable bonds is 9. The summed E-state index contributed by atoms with van der Waals surface area (Å²) < 4.78 is 2.04. The lowest BCUT2D eigenvalue weighted by Gasteiger charge is -2.10. The van der Waals surface area contributed by atoms with Gasteiger partial charge in [0.25, 0.3) is 0 Å². The molecule has 0 unspecified atom stereocenters. The van der Waals surface area contributed by atoms with Crippen molar-refractivity contribution in [2.75, 3.05) is 16.8 Å². The van der Waals surface area contributed by atoms with Gasteiger partial charge in [-0.15, -0.1) is 11.8 Å². The minimum absolute atomic E-state index is 0.113. The van der Waals surface area contributed by atoms with E-state index in [1.165, 1.54) is 23.5 Å². The predicted octanol–water partition coefficient (Wildman–Crippen LogP) is 2.60. The third-order valence-electron chi connectivity index (χ3n) is 3.01. The third kappa shape index (κ3) is 5.61. The van der Waals surface area contributed by atoms with Gasteiger partial charge in [0, 0.05) is 23.8 Å². The maximum absolute atomic E-state index is 12.2. The molecule has 2 amide bonds. The van der Waals surface area contributed by atoms with E-state index in [1.807, 2.05) is 35.0 Å². The highest BCUT2D eigenvalue weighted by atomic mass is 32.2. The molecule has 1 heterocycles. The van der Waals surface area contributed by atoms with Gasteiger partial charge < -0.3 is 15.6 Å². The van der Waals surface area contributed by atoms with Gasteiger partial charge in [-0.3, -0.25) is 9.59 Å². The van der Waals surface area contributed by atoms with Crippen molar-refractivity contribution >= 4 is 41.0 Å². The summed E-state index contributed by atoms with van der Waals surface area (Å²) in [6, 6.07) is 7.36. The van der Waals surface area contributed by atoms with Crippen LogP contribution in [0.1, 0.15) is 13.3 Å². The number of primary amides is 1. The molecule has 8 heteroatoms. The van der Waals surface area contributed by atoms with E-state index in [9.17, 15) is 9.59 Å². The molecule has 0 aliphatic heterocycles. The van der Waals surface area contributed by atoms with E-state index in [4.69, 9.17) is 5.73 Å². The standard InChI is InChI=1S/C16H20N4O2S2/c1-2-8-20-9-7-18-16(20)24-11-15(22)19-12-5-3-4-6-13(12)23-10-14(17)21/h3-7,9H,2,8,10-11H2,1H3,(H2,17,21)(H,19,22). The molecule has 0 radical (unpaired) electrons. The first-order valence-electron chi connectivity index (χ1n) is 7.54. The fraction of sp³-hybridized carbons (Fsp3) is 0.312. The number of aryl methyl sites for hydroxylation is 1. The van der Waals surface area contributed by atoms with E-state index in [2.05, 4.69) is 17.2 Å². The molecule has 0 fully saturated rings. The van der Waals surface area contributed by atoms with Crippen LogP contribution in [0.15, 0.2) is 46.7 Å². The number of nitrogens with one attached hydrogen (secondary N) is 1. The molecule has 0 bridgehead atoms. The van der Waals surface area contributed by atoms with E-state index in [1.54, 1.807) is 6.20 Å². The van der Waals surface area contributed by atoms with Crippen LogP contribution in [0.25, 0.3) is 0 Å². The van der Waals surface area contributed by atoms with Crippen LogP contribution in [0.5, 0.6) is 0 Å². The van der Waals surface area contributed by atoms with Gasteiger partial charge in [-0.1, -0.05) is 30.8 Å². The van der Waals surface area contributed by atoms with Crippen molar-refractivity contribution in [2.24, 2.45) is 5.73 Å². The van der Waals surface area contributed by atoms with Crippen LogP contribution in [0.2, 0.25) is 0 Å². The van der Waals surface area contributed by atoms with Crippen LogP contribution in [-0.2, 0) is 16.1 Å². The third-order valence-corrected chi connectivity index (χ3v) is 5.11. The molecule has 3 N–H and O–H groups in total. The van der Waals surface area contributed by atoms with E-state index < -0.39 is 0 Å². The summed E-state index contributed by atoms with van der Waals surface area (Å²) in [7, 11) is 0. The van der Waals surface area contributed by atoms with Gasteiger partial charge in [-0.2, -0.15) is 0 Å². The zero-order valence-corrected chi connectivity index (χ0v) is 15.0. The molecular weight excluding hydrogens is 344 g/mol. The molecule has 24 heavy (non-hydrogen) atoms. The maximum Gasteiger partial charge on any atom is 0.234 e. The van der Waals surface area contributed by atoms with E-state index in [0.29, 0.717) is 5.69 Å². The fourth-order valence-corrected chi connectivity index (χ4v) is 3.54. The van der Waals surface area contributed by atoms with Gasteiger partial charge in [0.1, 0.15) is 0 Å². The summed E-state index contributed by atoms with van der Waals surface area (Å²) >= 11 is 2.71. The number of nitrogens with zero attached hydrogens (tertiary/aromatic N) is 2. The van der Waals surface area contributed by atoms with E-state index >= 15 is 0 Å². The molecule has 2 rings (SSSR count). The van der Waals surface area contributed by atoms with Crippen molar-refractivity contribution in [2.45, 2.75) is 29.9 Å². The number of hydrogen-bond acceptors (Lipinski definition) is 5. The number of hydrogen-bond donors (Lipinski definition) is 2. The lowest BCUT2D eigenvalue weighted by Crippen LogP contribution is -2.16. The van der Waals surface area contributed by atoms with Crippen LogP contribution in [-0.4, -0.2) is 32.9 Å². The van der Waals surface area contributed by atoms with Crippen molar-refractivity contribution < 1.29 is 9.59 Å². The highest BCUT2D eigenvalue weighted by molar-refractivity contribution is 8.00. The fourth-order valence-electron chi connectivity index (χ4n) is 2.01. The van der Waals surface area contributed by atoms with Gasteiger partial charge in [0.15, 0.2) is 5.16 Å². The Morgan fingerprint density at radius 3 is 2.79 bits per heavy atom. The molecule has 0 spiro atoms. The van der Waals surface area contributed by atoms with E-state index in [-0.39, 0.29) is 23.3 Å². The quantitative estimate of drug-likeness (QED) is 0.668. The van der Waals surface area contributed by atoms with Crippen molar-refractivity contribution in [3.05, 3.63) is 36.7 Å². The second-order valence-electron chi connectivity index (χ2n) is 4.99. The van der Waals surface area contributed by atoms with Gasteiger partial charge in [-0.25, -0.2) is 4.98 Å². The first kappa shape index (κ1) is 18.4. The molecule has 6 nitrogen and oxygen atoms in total. The Hall–Kier alpha value is -1.93. The highest BCUT2D eigenvalue weighted by Gasteiger charge is 2.10. The molecule has 2 aromatic rings. The van der Waals surface area contributed by atoms with Gasteiger partial charge in [0.2, 0.25) is 11.8 Å². The minimum atomic E-state index is -0.389. The molecule has 0 aliphatic rings. The number of carbonyl (C=O) groups is 2. The number of para-hydroxylation sites is 1. The van der Waals surface area contributed by atoms with Gasteiger partial charge in [-0.05, 0) is 18.6 Å². The Kier molecular flexibility index (Phi) is 7.20. The first-order chi connectivity index (χ1) is 11.6. The smallest absolute Gasteiger partial charge is 0.234 e. The monoisotopic (exact) mass is 364 g/mol. The largest absolute Gasteiger partial charge is 0.369 e. The average molecular weight is 364 g/mol. The Balaban J connectivity index is 1.92. The summed E-state index contributed by atoms with van der Waals surface area (Å²) in [5.74, 6) is -0.0522. The number of nitrogens with two attached hydrogens (primary N) is 1. The molecular formula is C16H20N4O2S2. The normalized spacial score (nSPS) is 10.5. The summed E-state index contributed by atoms with van der Waals surface area (Å²) in [6.07, 6.45) is 4.67. The van der Waals surface area contributed by atoms with E-state index in [0.717, 1.165) is 23.0 Å². The molecule has 1 aromatic carbocycles. The number of carbonyl (C=O) groups excluding carboxylic acids is 2. The van der Waals surface area contributed by atoms with Crippen molar-refractivity contribution in [3.8, 4) is 0 Å². The average Bonchev–Trinajstić information content (AvgIpc) is 3.00. The number of amides is 2. The number of anilines is 1. The first-order valence-corrected chi connectivity index (χ1v) is 9.51. The summed E-state index contributed by atoms with van der Waals surface area (Å²) in [4.78, 5) is 28.2. The zero-order chi connectivity index (χ0) is 17.4. The van der Waals surface area contributed by atoms with Crippen molar-refractivity contribution in [1.82, 2.24) is 9.55 Å². The van der Waals surface area contributed by atoms with Crippen molar-refractivity contribution in [3.63, 3.8) is 0 Å². The zero-order valence-electron chi connectivity index (χ0n) is 13.4. The summed E-state index contributed by atoms with van der Waals surface area (Å²) in [6.45, 7) is 2.98.